The van der Waals surface area contributed by atoms with Crippen molar-refractivity contribution in [3.8, 4) is 0 Å². The molecule has 6 nitrogen and oxygen atoms in total. The van der Waals surface area contributed by atoms with Crippen LogP contribution in [0.15, 0.2) is 18.2 Å². The largest absolute Gasteiger partial charge is 0.416 e. The van der Waals surface area contributed by atoms with Crippen LogP contribution in [0.25, 0.3) is 0 Å². The Morgan fingerprint density at radius 2 is 2.00 bits per heavy atom. The van der Waals surface area contributed by atoms with Crippen molar-refractivity contribution in [2.75, 3.05) is 5.32 Å². The Hall–Kier alpha value is -2.16. The third-order valence-electron chi connectivity index (χ3n) is 3.02. The quantitative estimate of drug-likeness (QED) is 0.660. The zero-order valence-corrected chi connectivity index (χ0v) is 11.3. The lowest BCUT2D eigenvalue weighted by Gasteiger charge is -2.21. The molecule has 1 atom stereocenters. The predicted octanol–water partition coefficient (Wildman–Crippen LogP) is 2.68. The summed E-state index contributed by atoms with van der Waals surface area (Å²) in [5.74, 6) is -0.715. The first kappa shape index (κ1) is 16.9. The van der Waals surface area contributed by atoms with Gasteiger partial charge in [-0.1, -0.05) is 6.92 Å². The van der Waals surface area contributed by atoms with E-state index in [1.54, 1.807) is 6.92 Å². The topological polar surface area (TPSA) is 98.3 Å². The van der Waals surface area contributed by atoms with Gasteiger partial charge in [0.1, 0.15) is 5.69 Å². The maximum absolute atomic E-state index is 12.5. The fraction of sp³-hybridized carbons (Fsp3) is 0.417. The van der Waals surface area contributed by atoms with Crippen LogP contribution >= 0.6 is 0 Å². The lowest BCUT2D eigenvalue weighted by atomic mass is 9.99. The Balaban J connectivity index is 3.20. The molecule has 0 fully saturated rings. The first-order valence-corrected chi connectivity index (χ1v) is 5.95. The number of rotatable bonds is 4. The van der Waals surface area contributed by atoms with Crippen molar-refractivity contribution in [2.45, 2.75) is 32.0 Å². The van der Waals surface area contributed by atoms with E-state index in [1.807, 2.05) is 0 Å². The second-order valence-corrected chi connectivity index (χ2v) is 4.71. The van der Waals surface area contributed by atoms with E-state index in [9.17, 15) is 28.1 Å². The van der Waals surface area contributed by atoms with E-state index in [0.29, 0.717) is 12.1 Å². The molecule has 9 heteroatoms. The zero-order chi connectivity index (χ0) is 16.4. The van der Waals surface area contributed by atoms with Crippen molar-refractivity contribution in [1.82, 2.24) is 0 Å². The summed E-state index contributed by atoms with van der Waals surface area (Å²) in [6.07, 6.45) is -4.45. The van der Waals surface area contributed by atoms with Crippen molar-refractivity contribution in [1.29, 1.82) is 0 Å². The summed E-state index contributed by atoms with van der Waals surface area (Å²) in [5.41, 5.74) is 2.05. The number of hydrogen-bond acceptors (Lipinski definition) is 4. The van der Waals surface area contributed by atoms with Gasteiger partial charge in [0.2, 0.25) is 5.91 Å². The molecule has 0 heterocycles. The second-order valence-electron chi connectivity index (χ2n) is 4.71. The fourth-order valence-corrected chi connectivity index (χ4v) is 1.39. The van der Waals surface area contributed by atoms with Gasteiger partial charge < -0.3 is 11.1 Å². The van der Waals surface area contributed by atoms with Crippen molar-refractivity contribution in [3.63, 3.8) is 0 Å². The third kappa shape index (κ3) is 3.91. The van der Waals surface area contributed by atoms with E-state index in [2.05, 4.69) is 5.32 Å². The van der Waals surface area contributed by atoms with Crippen LogP contribution in [0.3, 0.4) is 0 Å². The number of alkyl halides is 3. The monoisotopic (exact) mass is 305 g/mol. The van der Waals surface area contributed by atoms with Gasteiger partial charge in [0.15, 0.2) is 0 Å². The molecule has 0 bridgehead atoms. The highest BCUT2D eigenvalue weighted by atomic mass is 19.4. The number of nitro benzene ring substituents is 1. The Kier molecular flexibility index (Phi) is 4.57. The molecule has 0 aliphatic carbocycles. The number of benzene rings is 1. The summed E-state index contributed by atoms with van der Waals surface area (Å²) in [6, 6.07) is 1.86. The summed E-state index contributed by atoms with van der Waals surface area (Å²) in [5, 5.41) is 13.0. The SMILES string of the molecule is CCC(C)(N)C(=O)Nc1ccc(C(F)(F)F)cc1[N+](=O)[O-]. The number of carbonyl (C=O) groups excluding carboxylic acids is 1. The van der Waals surface area contributed by atoms with E-state index < -0.39 is 33.8 Å². The van der Waals surface area contributed by atoms with E-state index in [4.69, 9.17) is 5.73 Å². The number of halogens is 3. The Labute approximate surface area is 118 Å². The first-order chi connectivity index (χ1) is 9.49. The van der Waals surface area contributed by atoms with Crippen molar-refractivity contribution in [3.05, 3.63) is 33.9 Å². The van der Waals surface area contributed by atoms with Crippen LogP contribution < -0.4 is 11.1 Å². The summed E-state index contributed by atoms with van der Waals surface area (Å²) in [4.78, 5) is 21.7. The lowest BCUT2D eigenvalue weighted by Crippen LogP contribution is -2.47. The van der Waals surface area contributed by atoms with Gasteiger partial charge in [-0.3, -0.25) is 14.9 Å². The highest BCUT2D eigenvalue weighted by Gasteiger charge is 2.34. The van der Waals surface area contributed by atoms with E-state index in [0.717, 1.165) is 6.07 Å². The molecule has 0 aliphatic rings. The van der Waals surface area contributed by atoms with Gasteiger partial charge >= 0.3 is 6.18 Å². The van der Waals surface area contributed by atoms with Gasteiger partial charge in [-0.2, -0.15) is 13.2 Å². The summed E-state index contributed by atoms with van der Waals surface area (Å²) in [7, 11) is 0. The van der Waals surface area contributed by atoms with Crippen molar-refractivity contribution >= 4 is 17.3 Å². The van der Waals surface area contributed by atoms with Crippen molar-refractivity contribution in [2.24, 2.45) is 5.73 Å². The Morgan fingerprint density at radius 1 is 1.43 bits per heavy atom. The third-order valence-corrected chi connectivity index (χ3v) is 3.02. The molecule has 1 amide bonds. The molecule has 0 spiro atoms. The maximum Gasteiger partial charge on any atom is 0.416 e. The smallest absolute Gasteiger partial charge is 0.319 e. The molecule has 1 aromatic carbocycles. The van der Waals surface area contributed by atoms with E-state index >= 15 is 0 Å². The molecule has 116 valence electrons. The van der Waals surface area contributed by atoms with Gasteiger partial charge in [0, 0.05) is 6.07 Å². The maximum atomic E-state index is 12.5. The number of amides is 1. The first-order valence-electron chi connectivity index (χ1n) is 5.95. The number of carbonyl (C=O) groups is 1. The average Bonchev–Trinajstić information content (AvgIpc) is 2.37. The number of anilines is 1. The lowest BCUT2D eigenvalue weighted by molar-refractivity contribution is -0.384. The van der Waals surface area contributed by atoms with E-state index in [1.165, 1.54) is 6.92 Å². The minimum absolute atomic E-state index is 0.257. The normalized spacial score (nSPS) is 14.4. The van der Waals surface area contributed by atoms with Gasteiger partial charge in [-0.15, -0.1) is 0 Å². The molecular formula is C12H14F3N3O3. The van der Waals surface area contributed by atoms with Crippen LogP contribution in [0.1, 0.15) is 25.8 Å². The minimum atomic E-state index is -4.71. The van der Waals surface area contributed by atoms with Crippen LogP contribution in [-0.2, 0) is 11.0 Å². The number of nitro groups is 1. The predicted molar refractivity (Wildman–Crippen MR) is 69.6 cm³/mol. The molecule has 21 heavy (non-hydrogen) atoms. The molecule has 0 aliphatic heterocycles. The molecule has 0 saturated heterocycles. The summed E-state index contributed by atoms with van der Waals surface area (Å²) in [6.45, 7) is 3.05. The summed E-state index contributed by atoms with van der Waals surface area (Å²) < 4.78 is 37.6. The van der Waals surface area contributed by atoms with Crippen LogP contribution in [0.5, 0.6) is 0 Å². The molecule has 1 aromatic rings. The standard InChI is InChI=1S/C12H14F3N3O3/c1-3-11(2,16)10(19)17-8-5-4-7(12(13,14)15)6-9(8)18(20)21/h4-6H,3,16H2,1-2H3,(H,17,19). The van der Waals surface area contributed by atoms with Crippen LogP contribution in [0.4, 0.5) is 24.5 Å². The molecule has 0 saturated carbocycles. The van der Waals surface area contributed by atoms with E-state index in [-0.39, 0.29) is 12.1 Å². The number of nitrogens with zero attached hydrogens (tertiary/aromatic N) is 1. The summed E-state index contributed by atoms with van der Waals surface area (Å²) >= 11 is 0. The van der Waals surface area contributed by atoms with Crippen molar-refractivity contribution < 1.29 is 22.9 Å². The molecular weight excluding hydrogens is 291 g/mol. The van der Waals surface area contributed by atoms with Gasteiger partial charge in [-0.05, 0) is 25.5 Å². The zero-order valence-electron chi connectivity index (χ0n) is 11.3. The van der Waals surface area contributed by atoms with Crippen LogP contribution in [-0.4, -0.2) is 16.4 Å². The van der Waals surface area contributed by atoms with Gasteiger partial charge in [0.25, 0.3) is 5.69 Å². The molecule has 1 unspecified atom stereocenters. The number of hydrogen-bond donors (Lipinski definition) is 2. The number of nitrogens with two attached hydrogens (primary N) is 1. The average molecular weight is 305 g/mol. The second kappa shape index (κ2) is 5.68. The molecule has 3 N–H and O–H groups in total. The highest BCUT2D eigenvalue weighted by molar-refractivity contribution is 5.99. The molecule has 0 aromatic heterocycles. The molecule has 1 rings (SSSR count). The molecule has 0 radical (unpaired) electrons. The Bertz CT molecular complexity index is 571. The van der Waals surface area contributed by atoms with Crippen LogP contribution in [0, 0.1) is 10.1 Å². The van der Waals surface area contributed by atoms with Gasteiger partial charge in [-0.25, -0.2) is 0 Å². The highest BCUT2D eigenvalue weighted by Crippen LogP contribution is 2.35. The number of nitrogens with one attached hydrogen (secondary N) is 1. The van der Waals surface area contributed by atoms with Gasteiger partial charge in [0.05, 0.1) is 16.0 Å². The Morgan fingerprint density at radius 3 is 2.43 bits per heavy atom. The van der Waals surface area contributed by atoms with Crippen LogP contribution in [0.2, 0.25) is 0 Å². The minimum Gasteiger partial charge on any atom is -0.319 e. The fourth-order valence-electron chi connectivity index (χ4n) is 1.39.